The van der Waals surface area contributed by atoms with Crippen molar-refractivity contribution in [2.45, 2.75) is 0 Å². The summed E-state index contributed by atoms with van der Waals surface area (Å²) in [5, 5.41) is 8.87. The smallest absolute Gasteiger partial charge is 0.157 e. The van der Waals surface area contributed by atoms with E-state index in [2.05, 4.69) is 10.5 Å². The fourth-order valence-electron chi connectivity index (χ4n) is 1.35. The molecule has 2 rings (SSSR count). The number of anilines is 1. The molecule has 0 aliphatic rings. The fraction of sp³-hybridized carbons (Fsp3) is 0. The number of pyridine rings is 1. The van der Waals surface area contributed by atoms with Crippen molar-refractivity contribution in [3.8, 4) is 11.1 Å². The van der Waals surface area contributed by atoms with Crippen LogP contribution in [0, 0.1) is 0 Å². The Bertz CT molecular complexity index is 415. The Morgan fingerprint density at radius 3 is 2.50 bits per heavy atom. The number of nitrogens with zero attached hydrogens (tertiary/aromatic N) is 1. The molecule has 14 heavy (non-hydrogen) atoms. The lowest BCUT2D eigenvalue weighted by Crippen LogP contribution is -1.95. The molecule has 0 saturated carbocycles. The Morgan fingerprint density at radius 1 is 1.00 bits per heavy atom. The lowest BCUT2D eigenvalue weighted by Gasteiger charge is -2.05. The quantitative estimate of drug-likeness (QED) is 0.708. The molecule has 0 unspecified atom stereocenters. The van der Waals surface area contributed by atoms with Crippen LogP contribution in [-0.2, 0) is 0 Å². The van der Waals surface area contributed by atoms with Gasteiger partial charge in [-0.2, -0.15) is 0 Å². The second kappa shape index (κ2) is 3.89. The largest absolute Gasteiger partial charge is 0.290 e. The molecule has 1 heterocycles. The van der Waals surface area contributed by atoms with Crippen LogP contribution in [-0.4, -0.2) is 10.2 Å². The van der Waals surface area contributed by atoms with Crippen molar-refractivity contribution in [2.75, 3.05) is 5.48 Å². The average molecular weight is 186 g/mol. The molecule has 0 amide bonds. The van der Waals surface area contributed by atoms with Crippen LogP contribution in [0.4, 0.5) is 5.82 Å². The van der Waals surface area contributed by atoms with Gasteiger partial charge in [0.25, 0.3) is 0 Å². The van der Waals surface area contributed by atoms with Crippen LogP contribution in [0.3, 0.4) is 0 Å². The molecular weight excluding hydrogens is 176 g/mol. The van der Waals surface area contributed by atoms with Crippen LogP contribution >= 0.6 is 0 Å². The van der Waals surface area contributed by atoms with E-state index in [1.807, 2.05) is 42.5 Å². The predicted molar refractivity (Wildman–Crippen MR) is 55.1 cm³/mol. The second-order valence-electron chi connectivity index (χ2n) is 2.88. The van der Waals surface area contributed by atoms with Gasteiger partial charge in [-0.1, -0.05) is 30.3 Å². The monoisotopic (exact) mass is 186 g/mol. The molecule has 1 aromatic carbocycles. The molecule has 0 atom stereocenters. The number of benzene rings is 1. The van der Waals surface area contributed by atoms with E-state index in [-0.39, 0.29) is 0 Å². The van der Waals surface area contributed by atoms with Gasteiger partial charge in [-0.15, -0.1) is 0 Å². The molecule has 0 aliphatic carbocycles. The first-order chi connectivity index (χ1) is 6.92. The molecule has 2 N–H and O–H groups in total. The zero-order valence-electron chi connectivity index (χ0n) is 7.51. The molecular formula is C11H10N2O. The third-order valence-electron chi connectivity index (χ3n) is 2.00. The van der Waals surface area contributed by atoms with E-state index in [0.717, 1.165) is 11.1 Å². The molecule has 0 saturated heterocycles. The number of hydrogen-bond donors (Lipinski definition) is 2. The first-order valence-electron chi connectivity index (χ1n) is 4.32. The molecule has 3 nitrogen and oxygen atoms in total. The topological polar surface area (TPSA) is 45.1 Å². The molecule has 0 radical (unpaired) electrons. The first-order valence-corrected chi connectivity index (χ1v) is 4.32. The molecule has 1 aromatic heterocycles. The molecule has 3 heteroatoms. The van der Waals surface area contributed by atoms with Crippen molar-refractivity contribution in [3.05, 3.63) is 48.7 Å². The van der Waals surface area contributed by atoms with E-state index >= 15 is 0 Å². The van der Waals surface area contributed by atoms with Crippen LogP contribution in [0.5, 0.6) is 0 Å². The number of hydrogen-bond acceptors (Lipinski definition) is 3. The van der Waals surface area contributed by atoms with Gasteiger partial charge in [-0.3, -0.25) is 10.7 Å². The maximum absolute atomic E-state index is 8.87. The van der Waals surface area contributed by atoms with Crippen LogP contribution in [0.25, 0.3) is 11.1 Å². The van der Waals surface area contributed by atoms with E-state index in [1.165, 1.54) is 0 Å². The van der Waals surface area contributed by atoms with Crippen molar-refractivity contribution in [1.82, 2.24) is 4.98 Å². The lowest BCUT2D eigenvalue weighted by atomic mass is 10.1. The van der Waals surface area contributed by atoms with E-state index < -0.39 is 0 Å². The van der Waals surface area contributed by atoms with Crippen molar-refractivity contribution in [2.24, 2.45) is 0 Å². The van der Waals surface area contributed by atoms with Gasteiger partial charge >= 0.3 is 0 Å². The zero-order chi connectivity index (χ0) is 9.80. The SMILES string of the molecule is ONc1ncccc1-c1ccccc1. The van der Waals surface area contributed by atoms with Gasteiger partial charge in [-0.25, -0.2) is 4.98 Å². The summed E-state index contributed by atoms with van der Waals surface area (Å²) in [5.74, 6) is 0.471. The molecule has 0 bridgehead atoms. The summed E-state index contributed by atoms with van der Waals surface area (Å²) in [7, 11) is 0. The minimum absolute atomic E-state index is 0.471. The average Bonchev–Trinajstić information content (AvgIpc) is 2.30. The highest BCUT2D eigenvalue weighted by Crippen LogP contribution is 2.24. The van der Waals surface area contributed by atoms with E-state index in [1.54, 1.807) is 6.20 Å². The molecule has 0 fully saturated rings. The number of nitrogens with one attached hydrogen (secondary N) is 1. The van der Waals surface area contributed by atoms with Gasteiger partial charge in [0.1, 0.15) is 0 Å². The summed E-state index contributed by atoms with van der Waals surface area (Å²) in [4.78, 5) is 4.01. The van der Waals surface area contributed by atoms with Crippen LogP contribution in [0.1, 0.15) is 0 Å². The minimum atomic E-state index is 0.471. The Balaban J connectivity index is 2.51. The standard InChI is InChI=1S/C11H10N2O/c14-13-11-10(7-4-8-12-11)9-5-2-1-3-6-9/h1-8,14H,(H,12,13). The van der Waals surface area contributed by atoms with Crippen molar-refractivity contribution < 1.29 is 5.21 Å². The third kappa shape index (κ3) is 1.58. The van der Waals surface area contributed by atoms with Gasteiger partial charge in [0.15, 0.2) is 5.82 Å². The van der Waals surface area contributed by atoms with Crippen LogP contribution in [0.15, 0.2) is 48.7 Å². The van der Waals surface area contributed by atoms with Crippen LogP contribution < -0.4 is 5.48 Å². The Labute approximate surface area is 82.0 Å². The highest BCUT2D eigenvalue weighted by Gasteiger charge is 2.02. The molecule has 0 spiro atoms. The zero-order valence-corrected chi connectivity index (χ0v) is 7.51. The first kappa shape index (κ1) is 8.72. The summed E-state index contributed by atoms with van der Waals surface area (Å²) in [6.07, 6.45) is 1.63. The van der Waals surface area contributed by atoms with Crippen LogP contribution in [0.2, 0.25) is 0 Å². The normalized spacial score (nSPS) is 9.79. The summed E-state index contributed by atoms with van der Waals surface area (Å²) < 4.78 is 0. The lowest BCUT2D eigenvalue weighted by molar-refractivity contribution is 0.386. The predicted octanol–water partition coefficient (Wildman–Crippen LogP) is 2.55. The van der Waals surface area contributed by atoms with Gasteiger partial charge in [0.2, 0.25) is 0 Å². The van der Waals surface area contributed by atoms with E-state index in [4.69, 9.17) is 5.21 Å². The molecule has 2 aromatic rings. The molecule has 0 aliphatic heterocycles. The van der Waals surface area contributed by atoms with E-state index in [9.17, 15) is 0 Å². The summed E-state index contributed by atoms with van der Waals surface area (Å²) in [6.45, 7) is 0. The maximum Gasteiger partial charge on any atom is 0.157 e. The van der Waals surface area contributed by atoms with E-state index in [0.29, 0.717) is 5.82 Å². The maximum atomic E-state index is 8.87. The van der Waals surface area contributed by atoms with Gasteiger partial charge in [0.05, 0.1) is 0 Å². The summed E-state index contributed by atoms with van der Waals surface area (Å²) in [6, 6.07) is 13.5. The minimum Gasteiger partial charge on any atom is -0.290 e. The fourth-order valence-corrected chi connectivity index (χ4v) is 1.35. The number of aromatic nitrogens is 1. The highest BCUT2D eigenvalue weighted by molar-refractivity contribution is 5.74. The van der Waals surface area contributed by atoms with Crippen molar-refractivity contribution >= 4 is 5.82 Å². The van der Waals surface area contributed by atoms with Gasteiger partial charge in [-0.05, 0) is 17.7 Å². The summed E-state index contributed by atoms with van der Waals surface area (Å²) >= 11 is 0. The van der Waals surface area contributed by atoms with Gasteiger partial charge in [0, 0.05) is 11.8 Å². The highest BCUT2D eigenvalue weighted by atomic mass is 16.5. The van der Waals surface area contributed by atoms with Crippen molar-refractivity contribution in [1.29, 1.82) is 0 Å². The van der Waals surface area contributed by atoms with Crippen molar-refractivity contribution in [3.63, 3.8) is 0 Å². The van der Waals surface area contributed by atoms with Gasteiger partial charge < -0.3 is 0 Å². The summed E-state index contributed by atoms with van der Waals surface area (Å²) in [5.41, 5.74) is 3.99. The second-order valence-corrected chi connectivity index (χ2v) is 2.88. The Morgan fingerprint density at radius 2 is 1.79 bits per heavy atom. The third-order valence-corrected chi connectivity index (χ3v) is 2.00. The Hall–Kier alpha value is -1.87. The Kier molecular flexibility index (Phi) is 2.42. The molecule has 70 valence electrons. The number of rotatable bonds is 2.